The van der Waals surface area contributed by atoms with Crippen LogP contribution in [-0.4, -0.2) is 18.8 Å². The predicted molar refractivity (Wildman–Crippen MR) is 56.0 cm³/mol. The minimum absolute atomic E-state index is 0.224. The van der Waals surface area contributed by atoms with Crippen LogP contribution in [0.15, 0.2) is 18.2 Å². The molecule has 2 nitrogen and oxygen atoms in total. The summed E-state index contributed by atoms with van der Waals surface area (Å²) in [4.78, 5) is 0. The number of ether oxygens (including phenoxy) is 1. The van der Waals surface area contributed by atoms with Crippen molar-refractivity contribution in [3.63, 3.8) is 0 Å². The fourth-order valence-electron chi connectivity index (χ4n) is 1.02. The minimum Gasteiger partial charge on any atom is -0.386 e. The van der Waals surface area contributed by atoms with Gasteiger partial charge in [-0.05, 0) is 40.3 Å². The molecule has 72 valence electrons. The van der Waals surface area contributed by atoms with Gasteiger partial charge in [-0.2, -0.15) is 0 Å². The third-order valence-electron chi connectivity index (χ3n) is 1.65. The quantitative estimate of drug-likeness (QED) is 0.866. The van der Waals surface area contributed by atoms with E-state index in [2.05, 4.69) is 0 Å². The SMILES string of the molecule is COCC(O)c1ccc(F)cc1I. The second-order valence-electron chi connectivity index (χ2n) is 2.64. The van der Waals surface area contributed by atoms with Crippen LogP contribution in [0.4, 0.5) is 4.39 Å². The first-order valence-corrected chi connectivity index (χ1v) is 4.85. The van der Waals surface area contributed by atoms with Crippen molar-refractivity contribution in [2.45, 2.75) is 6.10 Å². The Balaban J connectivity index is 2.88. The Bertz CT molecular complexity index is 291. The summed E-state index contributed by atoms with van der Waals surface area (Å²) >= 11 is 1.99. The van der Waals surface area contributed by atoms with E-state index < -0.39 is 6.10 Å². The van der Waals surface area contributed by atoms with Gasteiger partial charge in [0.1, 0.15) is 11.9 Å². The van der Waals surface area contributed by atoms with Crippen LogP contribution in [-0.2, 0) is 4.74 Å². The monoisotopic (exact) mass is 296 g/mol. The van der Waals surface area contributed by atoms with Crippen molar-refractivity contribution in [2.75, 3.05) is 13.7 Å². The molecular weight excluding hydrogens is 286 g/mol. The number of halogens is 2. The van der Waals surface area contributed by atoms with Crippen molar-refractivity contribution in [1.29, 1.82) is 0 Å². The van der Waals surface area contributed by atoms with Gasteiger partial charge in [0.2, 0.25) is 0 Å². The molecule has 0 heterocycles. The lowest BCUT2D eigenvalue weighted by Gasteiger charge is -2.11. The molecule has 0 radical (unpaired) electrons. The lowest BCUT2D eigenvalue weighted by atomic mass is 10.1. The first-order valence-electron chi connectivity index (χ1n) is 3.77. The Kier molecular flexibility index (Phi) is 4.08. The molecule has 0 saturated heterocycles. The topological polar surface area (TPSA) is 29.5 Å². The maximum Gasteiger partial charge on any atom is 0.124 e. The number of aliphatic hydroxyl groups is 1. The third-order valence-corrected chi connectivity index (χ3v) is 2.58. The summed E-state index contributed by atoms with van der Waals surface area (Å²) in [5.74, 6) is -0.294. The van der Waals surface area contributed by atoms with Gasteiger partial charge in [-0.25, -0.2) is 4.39 Å². The molecule has 0 saturated carbocycles. The van der Waals surface area contributed by atoms with E-state index in [1.165, 1.54) is 19.2 Å². The number of hydrogen-bond acceptors (Lipinski definition) is 2. The van der Waals surface area contributed by atoms with E-state index in [1.54, 1.807) is 6.07 Å². The van der Waals surface area contributed by atoms with Gasteiger partial charge in [0.05, 0.1) is 6.61 Å². The van der Waals surface area contributed by atoms with Gasteiger partial charge in [-0.15, -0.1) is 0 Å². The Hall–Kier alpha value is -0.200. The number of hydrogen-bond donors (Lipinski definition) is 1. The Morgan fingerprint density at radius 2 is 2.31 bits per heavy atom. The highest BCUT2D eigenvalue weighted by Gasteiger charge is 2.10. The fraction of sp³-hybridized carbons (Fsp3) is 0.333. The maximum absolute atomic E-state index is 12.7. The third kappa shape index (κ3) is 2.89. The van der Waals surface area contributed by atoms with Crippen LogP contribution in [0.3, 0.4) is 0 Å². The van der Waals surface area contributed by atoms with Crippen molar-refractivity contribution in [2.24, 2.45) is 0 Å². The summed E-state index contributed by atoms with van der Waals surface area (Å²) in [6, 6.07) is 4.28. The van der Waals surface area contributed by atoms with Crippen LogP contribution in [0.25, 0.3) is 0 Å². The van der Waals surface area contributed by atoms with Crippen LogP contribution >= 0.6 is 22.6 Å². The molecule has 0 spiro atoms. The van der Waals surface area contributed by atoms with E-state index in [4.69, 9.17) is 4.74 Å². The number of methoxy groups -OCH3 is 1. The molecule has 0 bridgehead atoms. The Morgan fingerprint density at radius 3 is 2.85 bits per heavy atom. The molecule has 0 aliphatic heterocycles. The van der Waals surface area contributed by atoms with E-state index in [-0.39, 0.29) is 12.4 Å². The van der Waals surface area contributed by atoms with E-state index >= 15 is 0 Å². The molecule has 1 unspecified atom stereocenters. The first-order chi connectivity index (χ1) is 6.15. The van der Waals surface area contributed by atoms with Gasteiger partial charge in [-0.3, -0.25) is 0 Å². The average Bonchev–Trinajstić information content (AvgIpc) is 2.04. The lowest BCUT2D eigenvalue weighted by Crippen LogP contribution is -2.06. The summed E-state index contributed by atoms with van der Waals surface area (Å²) in [5.41, 5.74) is 0.698. The van der Waals surface area contributed by atoms with E-state index in [0.29, 0.717) is 9.13 Å². The summed E-state index contributed by atoms with van der Waals surface area (Å²) in [5, 5.41) is 9.54. The van der Waals surface area contributed by atoms with E-state index in [9.17, 15) is 9.50 Å². The molecule has 1 N–H and O–H groups in total. The fourth-order valence-corrected chi connectivity index (χ4v) is 1.86. The molecule has 0 aliphatic rings. The van der Waals surface area contributed by atoms with Crippen molar-refractivity contribution >= 4 is 22.6 Å². The van der Waals surface area contributed by atoms with Crippen molar-refractivity contribution < 1.29 is 14.2 Å². The standard InChI is InChI=1S/C9H10FIO2/c1-13-5-9(12)7-3-2-6(10)4-8(7)11/h2-4,9,12H,5H2,1H3. The van der Waals surface area contributed by atoms with Crippen LogP contribution in [0.2, 0.25) is 0 Å². The number of benzene rings is 1. The van der Waals surface area contributed by atoms with Gasteiger partial charge < -0.3 is 9.84 Å². The van der Waals surface area contributed by atoms with Gasteiger partial charge >= 0.3 is 0 Å². The maximum atomic E-state index is 12.7. The van der Waals surface area contributed by atoms with Crippen LogP contribution in [0, 0.1) is 9.39 Å². The molecule has 1 rings (SSSR count). The summed E-state index contributed by atoms with van der Waals surface area (Å²) < 4.78 is 18.2. The molecule has 0 fully saturated rings. The highest BCUT2D eigenvalue weighted by atomic mass is 127. The lowest BCUT2D eigenvalue weighted by molar-refractivity contribution is 0.0638. The molecule has 13 heavy (non-hydrogen) atoms. The van der Waals surface area contributed by atoms with Gasteiger partial charge in [0.25, 0.3) is 0 Å². The van der Waals surface area contributed by atoms with Crippen LogP contribution in [0.5, 0.6) is 0 Å². The number of rotatable bonds is 3. The Labute approximate surface area is 89.9 Å². The van der Waals surface area contributed by atoms with Crippen molar-refractivity contribution in [1.82, 2.24) is 0 Å². The van der Waals surface area contributed by atoms with E-state index in [0.717, 1.165) is 0 Å². The second-order valence-corrected chi connectivity index (χ2v) is 3.80. The number of aliphatic hydroxyl groups excluding tert-OH is 1. The minimum atomic E-state index is -0.683. The molecule has 0 amide bonds. The van der Waals surface area contributed by atoms with Crippen LogP contribution < -0.4 is 0 Å². The van der Waals surface area contributed by atoms with Crippen LogP contribution in [0.1, 0.15) is 11.7 Å². The zero-order valence-corrected chi connectivity index (χ0v) is 9.29. The summed E-state index contributed by atoms with van der Waals surface area (Å²) in [6.07, 6.45) is -0.683. The molecule has 4 heteroatoms. The van der Waals surface area contributed by atoms with Crippen molar-refractivity contribution in [3.8, 4) is 0 Å². The molecule has 1 aromatic rings. The smallest absolute Gasteiger partial charge is 0.124 e. The second kappa shape index (κ2) is 4.88. The highest BCUT2D eigenvalue weighted by Crippen LogP contribution is 2.20. The summed E-state index contributed by atoms with van der Waals surface area (Å²) in [7, 11) is 1.51. The largest absolute Gasteiger partial charge is 0.386 e. The zero-order chi connectivity index (χ0) is 9.84. The molecule has 1 aromatic carbocycles. The van der Waals surface area contributed by atoms with E-state index in [1.807, 2.05) is 22.6 Å². The molecule has 1 atom stereocenters. The van der Waals surface area contributed by atoms with Crippen molar-refractivity contribution in [3.05, 3.63) is 33.1 Å². The average molecular weight is 296 g/mol. The molecule has 0 aromatic heterocycles. The normalized spacial score (nSPS) is 12.9. The van der Waals surface area contributed by atoms with Gasteiger partial charge in [-0.1, -0.05) is 6.07 Å². The van der Waals surface area contributed by atoms with Gasteiger partial charge in [0.15, 0.2) is 0 Å². The molecular formula is C9H10FIO2. The zero-order valence-electron chi connectivity index (χ0n) is 7.13. The summed E-state index contributed by atoms with van der Waals surface area (Å²) in [6.45, 7) is 0.224. The first kappa shape index (κ1) is 10.9. The Morgan fingerprint density at radius 1 is 1.62 bits per heavy atom. The highest BCUT2D eigenvalue weighted by molar-refractivity contribution is 14.1. The predicted octanol–water partition coefficient (Wildman–Crippen LogP) is 2.11. The van der Waals surface area contributed by atoms with Gasteiger partial charge in [0, 0.05) is 10.7 Å². The molecule has 0 aliphatic carbocycles.